The zero-order valence-electron chi connectivity index (χ0n) is 18.5. The predicted molar refractivity (Wildman–Crippen MR) is 114 cm³/mol. The first-order valence-electron chi connectivity index (χ1n) is 10.4. The van der Waals surface area contributed by atoms with E-state index in [-0.39, 0.29) is 12.4 Å². The Bertz CT molecular complexity index is 569. The molecule has 0 radical (unpaired) electrons. The van der Waals surface area contributed by atoms with Gasteiger partial charge < -0.3 is 38.6 Å². The molecule has 1 aromatic rings. The van der Waals surface area contributed by atoms with Crippen LogP contribution in [0.5, 0.6) is 5.75 Å². The molecule has 9 heteroatoms. The summed E-state index contributed by atoms with van der Waals surface area (Å²) < 4.78 is 32.1. The highest BCUT2D eigenvalue weighted by Gasteiger charge is 2.24. The van der Waals surface area contributed by atoms with E-state index in [2.05, 4.69) is 0 Å². The van der Waals surface area contributed by atoms with Crippen molar-refractivity contribution in [2.24, 2.45) is 0 Å². The summed E-state index contributed by atoms with van der Waals surface area (Å²) in [5, 5.41) is 18.3. The Morgan fingerprint density at radius 1 is 0.710 bits per heavy atom. The summed E-state index contributed by atoms with van der Waals surface area (Å²) in [6, 6.07) is 6.65. The molecule has 1 aromatic carbocycles. The second-order valence-electron chi connectivity index (χ2n) is 7.05. The average Bonchev–Trinajstić information content (AvgIpc) is 2.75. The molecule has 1 rings (SSSR count). The number of rotatable bonds is 20. The lowest BCUT2D eigenvalue weighted by molar-refractivity contribution is -0.0146. The van der Waals surface area contributed by atoms with Crippen LogP contribution in [0.2, 0.25) is 0 Å². The maximum absolute atomic E-state index is 12.0. The molecule has 178 valence electrons. The van der Waals surface area contributed by atoms with Crippen molar-refractivity contribution in [2.45, 2.75) is 19.4 Å². The molecule has 31 heavy (non-hydrogen) atoms. The zero-order valence-corrected chi connectivity index (χ0v) is 18.5. The summed E-state index contributed by atoms with van der Waals surface area (Å²) in [7, 11) is 0. The fourth-order valence-corrected chi connectivity index (χ4v) is 2.32. The Hall–Kier alpha value is -1.59. The van der Waals surface area contributed by atoms with Gasteiger partial charge in [0, 0.05) is 5.56 Å². The Balaban J connectivity index is 1.89. The third-order valence-electron chi connectivity index (χ3n) is 3.89. The molecule has 0 amide bonds. The van der Waals surface area contributed by atoms with Crippen molar-refractivity contribution in [1.29, 1.82) is 0 Å². The maximum atomic E-state index is 12.0. The largest absolute Gasteiger partial charge is 0.491 e. The van der Waals surface area contributed by atoms with E-state index in [1.807, 2.05) is 0 Å². The van der Waals surface area contributed by atoms with Crippen molar-refractivity contribution < 1.29 is 43.4 Å². The SMILES string of the molecule is CC(C)(O)C(=O)c1ccc(OCCOCCOCCOCCOCCOCCO)cc1. The van der Waals surface area contributed by atoms with Crippen LogP contribution in [0, 0.1) is 0 Å². The van der Waals surface area contributed by atoms with Crippen LogP contribution in [-0.4, -0.2) is 101 Å². The number of Topliss-reactive ketones (excluding diaryl/α,β-unsaturated/α-hetero) is 1. The van der Waals surface area contributed by atoms with Gasteiger partial charge in [-0.3, -0.25) is 4.79 Å². The summed E-state index contributed by atoms with van der Waals surface area (Å²) >= 11 is 0. The molecule has 0 atom stereocenters. The van der Waals surface area contributed by atoms with E-state index in [0.717, 1.165) is 0 Å². The molecule has 0 fully saturated rings. The first-order valence-corrected chi connectivity index (χ1v) is 10.4. The minimum atomic E-state index is -1.39. The van der Waals surface area contributed by atoms with E-state index in [1.54, 1.807) is 24.3 Å². The molecule has 0 spiro atoms. The highest BCUT2D eigenvalue weighted by molar-refractivity contribution is 6.01. The molecular formula is C22H36O9. The minimum Gasteiger partial charge on any atom is -0.491 e. The van der Waals surface area contributed by atoms with Crippen LogP contribution in [0.1, 0.15) is 24.2 Å². The summed E-state index contributed by atoms with van der Waals surface area (Å²) in [5.41, 5.74) is -0.955. The Labute approximate surface area is 184 Å². The molecule has 0 aliphatic carbocycles. The van der Waals surface area contributed by atoms with Gasteiger partial charge in [0.05, 0.1) is 72.7 Å². The van der Waals surface area contributed by atoms with E-state index in [0.29, 0.717) is 84.0 Å². The van der Waals surface area contributed by atoms with Crippen molar-refractivity contribution in [2.75, 3.05) is 79.3 Å². The van der Waals surface area contributed by atoms with E-state index >= 15 is 0 Å². The first-order chi connectivity index (χ1) is 14.9. The lowest BCUT2D eigenvalue weighted by atomic mass is 9.97. The van der Waals surface area contributed by atoms with E-state index in [4.69, 9.17) is 33.5 Å². The van der Waals surface area contributed by atoms with Crippen LogP contribution < -0.4 is 4.74 Å². The molecule has 9 nitrogen and oxygen atoms in total. The van der Waals surface area contributed by atoms with Crippen molar-refractivity contribution in [3.05, 3.63) is 29.8 Å². The molecule has 2 N–H and O–H groups in total. The lowest BCUT2D eigenvalue weighted by Gasteiger charge is -2.15. The van der Waals surface area contributed by atoms with Crippen LogP contribution >= 0.6 is 0 Å². The number of hydrogen-bond acceptors (Lipinski definition) is 9. The topological polar surface area (TPSA) is 113 Å². The minimum absolute atomic E-state index is 0.0198. The molecule has 0 heterocycles. The number of carbonyl (C=O) groups excluding carboxylic acids is 1. The average molecular weight is 445 g/mol. The van der Waals surface area contributed by atoms with E-state index < -0.39 is 5.60 Å². The van der Waals surface area contributed by atoms with Crippen LogP contribution in [0.3, 0.4) is 0 Å². The normalized spacial score (nSPS) is 11.6. The monoisotopic (exact) mass is 444 g/mol. The summed E-state index contributed by atoms with van der Waals surface area (Å²) in [5.74, 6) is 0.299. The second kappa shape index (κ2) is 17.0. The molecule has 0 saturated carbocycles. The van der Waals surface area contributed by atoms with Crippen LogP contribution in [-0.2, 0) is 23.7 Å². The van der Waals surface area contributed by atoms with Gasteiger partial charge >= 0.3 is 0 Å². The van der Waals surface area contributed by atoms with Crippen molar-refractivity contribution >= 4 is 5.78 Å². The highest BCUT2D eigenvalue weighted by atomic mass is 16.6. The van der Waals surface area contributed by atoms with Crippen LogP contribution in [0.4, 0.5) is 0 Å². The Morgan fingerprint density at radius 3 is 1.48 bits per heavy atom. The van der Waals surface area contributed by atoms with Gasteiger partial charge in [0.1, 0.15) is 18.0 Å². The Morgan fingerprint density at radius 2 is 1.10 bits per heavy atom. The smallest absolute Gasteiger partial charge is 0.193 e. The predicted octanol–water partition coefficient (Wildman–Crippen LogP) is 1.09. The maximum Gasteiger partial charge on any atom is 0.193 e. The van der Waals surface area contributed by atoms with Gasteiger partial charge in [-0.15, -0.1) is 0 Å². The second-order valence-corrected chi connectivity index (χ2v) is 7.05. The first kappa shape index (κ1) is 27.4. The molecule has 0 aliphatic heterocycles. The Kier molecular flexibility index (Phi) is 15.1. The fourth-order valence-electron chi connectivity index (χ4n) is 2.32. The number of aliphatic hydroxyl groups excluding tert-OH is 1. The molecule has 0 bridgehead atoms. The number of ether oxygens (including phenoxy) is 6. The van der Waals surface area contributed by atoms with Crippen molar-refractivity contribution in [1.82, 2.24) is 0 Å². The van der Waals surface area contributed by atoms with Gasteiger partial charge in [0.2, 0.25) is 0 Å². The number of carbonyl (C=O) groups is 1. The zero-order chi connectivity index (χ0) is 22.8. The third kappa shape index (κ3) is 14.2. The quantitative estimate of drug-likeness (QED) is 0.225. The van der Waals surface area contributed by atoms with E-state index in [9.17, 15) is 9.90 Å². The van der Waals surface area contributed by atoms with Gasteiger partial charge in [0.25, 0.3) is 0 Å². The van der Waals surface area contributed by atoms with E-state index in [1.165, 1.54) is 13.8 Å². The molecular weight excluding hydrogens is 408 g/mol. The van der Waals surface area contributed by atoms with Crippen LogP contribution in [0.25, 0.3) is 0 Å². The van der Waals surface area contributed by atoms with Crippen molar-refractivity contribution in [3.8, 4) is 5.75 Å². The molecule has 0 unspecified atom stereocenters. The third-order valence-corrected chi connectivity index (χ3v) is 3.89. The van der Waals surface area contributed by atoms with Crippen LogP contribution in [0.15, 0.2) is 24.3 Å². The number of aliphatic hydroxyl groups is 2. The number of hydrogen-bond donors (Lipinski definition) is 2. The number of ketones is 1. The van der Waals surface area contributed by atoms with Gasteiger partial charge in [0.15, 0.2) is 5.78 Å². The lowest BCUT2D eigenvalue weighted by Crippen LogP contribution is -2.30. The molecule has 0 aromatic heterocycles. The standard InChI is InChI=1S/C22H36O9/c1-22(2,25)21(24)19-3-5-20(6-4-19)31-18-17-30-16-15-29-14-13-28-12-11-27-10-9-26-8-7-23/h3-6,23,25H,7-18H2,1-2H3. The highest BCUT2D eigenvalue weighted by Crippen LogP contribution is 2.17. The van der Waals surface area contributed by atoms with Gasteiger partial charge in [-0.05, 0) is 38.1 Å². The summed E-state index contributed by atoms with van der Waals surface area (Å²) in [6.45, 7) is 7.89. The van der Waals surface area contributed by atoms with Gasteiger partial charge in [-0.25, -0.2) is 0 Å². The van der Waals surface area contributed by atoms with Crippen molar-refractivity contribution in [3.63, 3.8) is 0 Å². The summed E-state index contributed by atoms with van der Waals surface area (Å²) in [4.78, 5) is 12.0. The molecule has 0 saturated heterocycles. The summed E-state index contributed by atoms with van der Waals surface area (Å²) in [6.07, 6.45) is 0. The number of benzene rings is 1. The fraction of sp³-hybridized carbons (Fsp3) is 0.682. The van der Waals surface area contributed by atoms with Gasteiger partial charge in [-0.2, -0.15) is 0 Å². The molecule has 0 aliphatic rings. The van der Waals surface area contributed by atoms with Gasteiger partial charge in [-0.1, -0.05) is 0 Å².